The smallest absolute Gasteiger partial charge is 0.407 e. The van der Waals surface area contributed by atoms with Crippen molar-refractivity contribution in [2.75, 3.05) is 19.8 Å². The quantitative estimate of drug-likeness (QED) is 0.264. The zero-order valence-corrected chi connectivity index (χ0v) is 15.8. The molecule has 0 aliphatic heterocycles. The maximum Gasteiger partial charge on any atom is 0.407 e. The third-order valence-corrected chi connectivity index (χ3v) is 4.67. The molecule has 0 aromatic carbocycles. The Morgan fingerprint density at radius 2 is 1.96 bits per heavy atom. The third-order valence-electron chi connectivity index (χ3n) is 3.66. The Kier molecular flexibility index (Phi) is 10.7. The first-order valence-corrected chi connectivity index (χ1v) is 11.7. The van der Waals surface area contributed by atoms with Gasteiger partial charge in [-0.2, -0.15) is 0 Å². The van der Waals surface area contributed by atoms with Crippen LogP contribution in [-0.2, 0) is 13.8 Å². The number of unbranched alkanes of at least 4 members (excludes halogenated alkanes) is 3. The minimum Gasteiger partial charge on any atom is -0.446 e. The van der Waals surface area contributed by atoms with Gasteiger partial charge in [0.15, 0.2) is 0 Å². The van der Waals surface area contributed by atoms with Crippen LogP contribution in [0.25, 0.3) is 0 Å². The van der Waals surface area contributed by atoms with Gasteiger partial charge < -0.3 is 14.6 Å². The normalized spacial score (nSPS) is 22.4. The van der Waals surface area contributed by atoms with Crippen LogP contribution in [0.3, 0.4) is 0 Å². The molecule has 134 valence electrons. The van der Waals surface area contributed by atoms with E-state index in [4.69, 9.17) is 9.26 Å². The number of thiol groups is 1. The largest absolute Gasteiger partial charge is 0.446 e. The van der Waals surface area contributed by atoms with Crippen LogP contribution in [0.4, 0.5) is 4.79 Å². The van der Waals surface area contributed by atoms with Crippen LogP contribution in [0.15, 0.2) is 12.2 Å². The Bertz CT molecular complexity index is 411. The average Bonchev–Trinajstić information content (AvgIpc) is 2.43. The van der Waals surface area contributed by atoms with Gasteiger partial charge in [-0.25, -0.2) is 4.79 Å². The summed E-state index contributed by atoms with van der Waals surface area (Å²) in [6.45, 7) is -0.0440. The lowest BCUT2D eigenvalue weighted by molar-refractivity contribution is 0.0863. The second-order valence-electron chi connectivity index (χ2n) is 5.98. The fourth-order valence-electron chi connectivity index (χ4n) is 2.44. The molecule has 0 saturated carbocycles. The van der Waals surface area contributed by atoms with Crippen LogP contribution >= 0.6 is 18.8 Å². The van der Waals surface area contributed by atoms with E-state index in [1.54, 1.807) is 0 Å². The fraction of sp³-hybridized carbons (Fsp3) is 0.812. The molecular weight excluding hydrogens is 333 g/mol. The summed E-state index contributed by atoms with van der Waals surface area (Å²) in [7, 11) is 0. The van der Waals surface area contributed by atoms with E-state index in [2.05, 4.69) is 29.7 Å². The maximum absolute atomic E-state index is 11.7. The molecule has 5 nitrogen and oxygen atoms in total. The van der Waals surface area contributed by atoms with Crippen molar-refractivity contribution in [2.45, 2.75) is 63.9 Å². The number of carbonyl (C=O) groups excluding carboxylic acids is 1. The number of alkyl carbamates (subject to hydrolysis) is 1. The molecule has 0 saturated heterocycles. The van der Waals surface area contributed by atoms with Gasteiger partial charge in [0.1, 0.15) is 6.10 Å². The highest BCUT2D eigenvalue weighted by Crippen LogP contribution is 2.47. The predicted molar refractivity (Wildman–Crippen MR) is 97.4 cm³/mol. The molecule has 1 aliphatic carbocycles. The van der Waals surface area contributed by atoms with Gasteiger partial charge in [-0.3, -0.25) is 4.57 Å². The number of nitrogens with one attached hydrogen (secondary N) is 1. The Balaban J connectivity index is 1.97. The number of rotatable bonds is 9. The van der Waals surface area contributed by atoms with Gasteiger partial charge in [-0.1, -0.05) is 37.2 Å². The highest BCUT2D eigenvalue weighted by Gasteiger charge is 2.14. The Hall–Kier alpha value is -0.450. The van der Waals surface area contributed by atoms with Gasteiger partial charge >= 0.3 is 6.09 Å². The molecule has 7 heteroatoms. The molecule has 0 spiro atoms. The van der Waals surface area contributed by atoms with Crippen molar-refractivity contribution in [1.82, 2.24) is 5.32 Å². The maximum atomic E-state index is 11.7. The predicted octanol–water partition coefficient (Wildman–Crippen LogP) is 4.93. The molecule has 0 heterocycles. The molecule has 1 N–H and O–H groups in total. The monoisotopic (exact) mass is 363 g/mol. The van der Waals surface area contributed by atoms with Gasteiger partial charge in [0.25, 0.3) is 6.57 Å². The number of hydrogen-bond acceptors (Lipinski definition) is 4. The van der Waals surface area contributed by atoms with E-state index >= 15 is 0 Å². The second-order valence-corrected chi connectivity index (χ2v) is 10.0. The fourth-order valence-corrected chi connectivity index (χ4v) is 3.15. The summed E-state index contributed by atoms with van der Waals surface area (Å²) in [5.74, 6) is 0. The third kappa shape index (κ3) is 12.6. The van der Waals surface area contributed by atoms with E-state index in [-0.39, 0.29) is 12.2 Å². The minimum absolute atomic E-state index is 0.0445. The molecule has 0 aromatic heterocycles. The average molecular weight is 363 g/mol. The lowest BCUT2D eigenvalue weighted by Crippen LogP contribution is -2.30. The number of ether oxygens (including phenoxy) is 1. The van der Waals surface area contributed by atoms with E-state index in [1.165, 1.54) is 6.66 Å². The summed E-state index contributed by atoms with van der Waals surface area (Å²) < 4.78 is 21.8. The van der Waals surface area contributed by atoms with Crippen molar-refractivity contribution in [1.29, 1.82) is 0 Å². The molecule has 1 rings (SSSR count). The summed E-state index contributed by atoms with van der Waals surface area (Å²) in [6, 6.07) is 0. The van der Waals surface area contributed by atoms with Crippen molar-refractivity contribution in [3.05, 3.63) is 12.2 Å². The first-order valence-electron chi connectivity index (χ1n) is 8.51. The van der Waals surface area contributed by atoms with E-state index in [9.17, 15) is 9.36 Å². The SMILES string of the molecule is CP(=O)(S)OCCCCCCNC(=O)OC1CC/C=C/CCC1. The molecule has 0 aromatic rings. The number of carbonyl (C=O) groups is 1. The van der Waals surface area contributed by atoms with Crippen molar-refractivity contribution in [2.24, 2.45) is 0 Å². The van der Waals surface area contributed by atoms with Gasteiger partial charge in [-0.15, -0.1) is 0 Å². The molecule has 0 fully saturated rings. The van der Waals surface area contributed by atoms with Gasteiger partial charge in [0.05, 0.1) is 6.61 Å². The van der Waals surface area contributed by atoms with Crippen LogP contribution in [0.2, 0.25) is 0 Å². The highest BCUT2D eigenvalue weighted by atomic mass is 32.7. The van der Waals surface area contributed by atoms with Crippen LogP contribution in [-0.4, -0.2) is 32.0 Å². The molecule has 23 heavy (non-hydrogen) atoms. The number of hydrogen-bond donors (Lipinski definition) is 2. The summed E-state index contributed by atoms with van der Waals surface area (Å²) in [5.41, 5.74) is 0. The Morgan fingerprint density at radius 3 is 2.74 bits per heavy atom. The van der Waals surface area contributed by atoms with E-state index in [0.29, 0.717) is 13.2 Å². The summed E-state index contributed by atoms with van der Waals surface area (Å²) in [5, 5.41) is 2.81. The number of allylic oxidation sites excluding steroid dienone is 2. The number of amides is 1. The van der Waals surface area contributed by atoms with Gasteiger partial charge in [0, 0.05) is 13.2 Å². The van der Waals surface area contributed by atoms with Crippen molar-refractivity contribution < 1.29 is 18.6 Å². The van der Waals surface area contributed by atoms with E-state index < -0.39 is 6.57 Å². The molecule has 1 aliphatic rings. The van der Waals surface area contributed by atoms with Crippen LogP contribution in [0.1, 0.15) is 57.8 Å². The lowest BCUT2D eigenvalue weighted by Gasteiger charge is -2.18. The zero-order valence-electron chi connectivity index (χ0n) is 14.0. The Morgan fingerprint density at radius 1 is 1.22 bits per heavy atom. The molecule has 0 bridgehead atoms. The Labute approximate surface area is 145 Å². The first-order chi connectivity index (χ1) is 11.0. The van der Waals surface area contributed by atoms with E-state index in [1.807, 2.05) is 0 Å². The standard InChI is InChI=1S/C16H30NO4PS/c1-22(19,23)20-14-10-6-5-9-13-17-16(18)21-15-11-7-3-2-4-8-12-15/h2-3,15H,4-14H2,1H3,(H,17,18)(H,19,23)/b3-2+. The second kappa shape index (κ2) is 12.0. The molecule has 1 amide bonds. The molecular formula is C16H30NO4PS. The summed E-state index contributed by atoms with van der Waals surface area (Å²) >= 11 is 3.87. The topological polar surface area (TPSA) is 64.6 Å². The van der Waals surface area contributed by atoms with Gasteiger partial charge in [0.2, 0.25) is 0 Å². The molecule has 2 atom stereocenters. The lowest BCUT2D eigenvalue weighted by atomic mass is 10.0. The summed E-state index contributed by atoms with van der Waals surface area (Å²) in [4.78, 5) is 11.7. The molecule has 0 radical (unpaired) electrons. The van der Waals surface area contributed by atoms with E-state index in [0.717, 1.165) is 57.8 Å². The summed E-state index contributed by atoms with van der Waals surface area (Å²) in [6.07, 6.45) is 12.9. The highest BCUT2D eigenvalue weighted by molar-refractivity contribution is 8.46. The van der Waals surface area contributed by atoms with Crippen LogP contribution in [0.5, 0.6) is 0 Å². The van der Waals surface area contributed by atoms with Crippen molar-refractivity contribution >= 4 is 24.9 Å². The zero-order chi connectivity index (χ0) is 17.0. The van der Waals surface area contributed by atoms with Gasteiger partial charge in [-0.05, 0) is 44.9 Å². The van der Waals surface area contributed by atoms with Crippen LogP contribution in [0, 0.1) is 0 Å². The van der Waals surface area contributed by atoms with Crippen LogP contribution < -0.4 is 5.32 Å². The van der Waals surface area contributed by atoms with Crippen molar-refractivity contribution in [3.8, 4) is 0 Å². The molecule has 2 unspecified atom stereocenters. The van der Waals surface area contributed by atoms with Crippen molar-refractivity contribution in [3.63, 3.8) is 0 Å². The minimum atomic E-state index is -2.65. The first kappa shape index (κ1) is 20.6.